The highest BCUT2D eigenvalue weighted by molar-refractivity contribution is 9.10. The lowest BCUT2D eigenvalue weighted by atomic mass is 10.1. The van der Waals surface area contributed by atoms with E-state index >= 15 is 0 Å². The molecule has 0 N–H and O–H groups in total. The number of hydrogen-bond acceptors (Lipinski definition) is 1. The van der Waals surface area contributed by atoms with E-state index in [1.807, 2.05) is 11.8 Å². The molecule has 1 heterocycles. The molecule has 0 atom stereocenters. The van der Waals surface area contributed by atoms with Crippen molar-refractivity contribution < 1.29 is 0 Å². The minimum atomic E-state index is 1.15. The maximum Gasteiger partial charge on any atom is 0.0190 e. The van der Waals surface area contributed by atoms with Crippen molar-refractivity contribution >= 4 is 33.3 Å². The molecule has 0 aliphatic carbocycles. The second-order valence-corrected chi connectivity index (χ2v) is 4.70. The predicted molar refractivity (Wildman–Crippen MR) is 59.4 cm³/mol. The smallest absolute Gasteiger partial charge is 0.0190 e. The molecule has 12 heavy (non-hydrogen) atoms. The SMILES string of the molecule is Brc1ccc(C2=CCSC2)cc1. The van der Waals surface area contributed by atoms with Crippen molar-refractivity contribution in [2.75, 3.05) is 11.5 Å². The summed E-state index contributed by atoms with van der Waals surface area (Å²) in [6, 6.07) is 8.53. The van der Waals surface area contributed by atoms with Crippen LogP contribution in [0.5, 0.6) is 0 Å². The standard InChI is InChI=1S/C10H9BrS/c11-10-3-1-8(2-4-10)9-5-6-12-7-9/h1-5H,6-7H2. The van der Waals surface area contributed by atoms with E-state index in [1.165, 1.54) is 22.6 Å². The van der Waals surface area contributed by atoms with Crippen molar-refractivity contribution in [3.8, 4) is 0 Å². The molecule has 0 spiro atoms. The Hall–Kier alpha value is -0.210. The summed E-state index contributed by atoms with van der Waals surface area (Å²) in [6.07, 6.45) is 2.31. The van der Waals surface area contributed by atoms with Crippen LogP contribution in [0.3, 0.4) is 0 Å². The molecule has 0 saturated heterocycles. The van der Waals surface area contributed by atoms with Gasteiger partial charge in [0.2, 0.25) is 0 Å². The van der Waals surface area contributed by atoms with Crippen LogP contribution in [0.4, 0.5) is 0 Å². The van der Waals surface area contributed by atoms with E-state index in [-0.39, 0.29) is 0 Å². The van der Waals surface area contributed by atoms with Crippen LogP contribution in [0, 0.1) is 0 Å². The van der Waals surface area contributed by atoms with E-state index in [1.54, 1.807) is 0 Å². The Morgan fingerprint density at radius 3 is 2.50 bits per heavy atom. The van der Waals surface area contributed by atoms with Crippen molar-refractivity contribution in [2.45, 2.75) is 0 Å². The lowest BCUT2D eigenvalue weighted by Crippen LogP contribution is -1.82. The van der Waals surface area contributed by atoms with Crippen molar-refractivity contribution in [2.24, 2.45) is 0 Å². The van der Waals surface area contributed by atoms with Crippen molar-refractivity contribution in [3.05, 3.63) is 40.4 Å². The fourth-order valence-corrected chi connectivity index (χ4v) is 2.46. The highest BCUT2D eigenvalue weighted by atomic mass is 79.9. The summed E-state index contributed by atoms with van der Waals surface area (Å²) in [5.41, 5.74) is 2.84. The Kier molecular flexibility index (Phi) is 2.57. The minimum Gasteiger partial charge on any atom is -0.153 e. The molecular formula is C10H9BrS. The number of halogens is 1. The summed E-state index contributed by atoms with van der Waals surface area (Å²) in [5, 5.41) is 0. The lowest BCUT2D eigenvalue weighted by Gasteiger charge is -2.00. The van der Waals surface area contributed by atoms with E-state index in [4.69, 9.17) is 0 Å². The zero-order chi connectivity index (χ0) is 8.39. The van der Waals surface area contributed by atoms with Crippen molar-refractivity contribution in [1.29, 1.82) is 0 Å². The molecule has 0 amide bonds. The number of rotatable bonds is 1. The summed E-state index contributed by atoms with van der Waals surface area (Å²) in [6.45, 7) is 0. The van der Waals surface area contributed by atoms with Crippen LogP contribution >= 0.6 is 27.7 Å². The molecule has 1 aromatic rings. The maximum absolute atomic E-state index is 3.43. The monoisotopic (exact) mass is 240 g/mol. The van der Waals surface area contributed by atoms with Crippen LogP contribution < -0.4 is 0 Å². The van der Waals surface area contributed by atoms with Crippen LogP contribution in [0.25, 0.3) is 5.57 Å². The third-order valence-corrected chi connectivity index (χ3v) is 3.37. The van der Waals surface area contributed by atoms with Gasteiger partial charge in [0.05, 0.1) is 0 Å². The Bertz CT molecular complexity index is 300. The first-order valence-electron chi connectivity index (χ1n) is 3.89. The highest BCUT2D eigenvalue weighted by Crippen LogP contribution is 2.26. The lowest BCUT2D eigenvalue weighted by molar-refractivity contribution is 1.56. The second-order valence-electron chi connectivity index (χ2n) is 2.75. The summed E-state index contributed by atoms with van der Waals surface area (Å²) in [5.74, 6) is 2.34. The number of hydrogen-bond donors (Lipinski definition) is 0. The molecular weight excluding hydrogens is 232 g/mol. The van der Waals surface area contributed by atoms with Gasteiger partial charge in [0.15, 0.2) is 0 Å². The predicted octanol–water partition coefficient (Wildman–Crippen LogP) is 3.58. The zero-order valence-corrected chi connectivity index (χ0v) is 8.99. The van der Waals surface area contributed by atoms with E-state index in [2.05, 4.69) is 46.3 Å². The molecule has 1 aromatic carbocycles. The quantitative estimate of drug-likeness (QED) is 0.724. The van der Waals surface area contributed by atoms with Crippen molar-refractivity contribution in [1.82, 2.24) is 0 Å². The molecule has 0 fully saturated rings. The maximum atomic E-state index is 3.43. The normalized spacial score (nSPS) is 16.2. The molecule has 1 aliphatic heterocycles. The molecule has 62 valence electrons. The van der Waals surface area contributed by atoms with Crippen LogP contribution in [0.15, 0.2) is 34.8 Å². The van der Waals surface area contributed by atoms with E-state index < -0.39 is 0 Å². The van der Waals surface area contributed by atoms with Gasteiger partial charge in [-0.1, -0.05) is 34.1 Å². The van der Waals surface area contributed by atoms with Gasteiger partial charge in [-0.3, -0.25) is 0 Å². The van der Waals surface area contributed by atoms with Gasteiger partial charge in [-0.2, -0.15) is 11.8 Å². The Labute approximate surface area is 85.2 Å². The topological polar surface area (TPSA) is 0 Å². The third kappa shape index (κ3) is 1.75. The first kappa shape index (κ1) is 8.39. The van der Waals surface area contributed by atoms with Gasteiger partial charge in [-0.15, -0.1) is 0 Å². The van der Waals surface area contributed by atoms with E-state index in [0.717, 1.165) is 4.47 Å². The molecule has 0 saturated carbocycles. The van der Waals surface area contributed by atoms with Gasteiger partial charge < -0.3 is 0 Å². The van der Waals surface area contributed by atoms with Crippen LogP contribution in [-0.2, 0) is 0 Å². The van der Waals surface area contributed by atoms with Gasteiger partial charge in [0, 0.05) is 16.0 Å². The van der Waals surface area contributed by atoms with Crippen molar-refractivity contribution in [3.63, 3.8) is 0 Å². The second kappa shape index (κ2) is 3.67. The highest BCUT2D eigenvalue weighted by Gasteiger charge is 2.06. The van der Waals surface area contributed by atoms with Gasteiger partial charge in [-0.05, 0) is 23.3 Å². The van der Waals surface area contributed by atoms with Gasteiger partial charge in [-0.25, -0.2) is 0 Å². The first-order chi connectivity index (χ1) is 5.86. The molecule has 1 aliphatic rings. The van der Waals surface area contributed by atoms with Crippen LogP contribution in [0.1, 0.15) is 5.56 Å². The average molecular weight is 241 g/mol. The number of benzene rings is 1. The molecule has 0 aromatic heterocycles. The molecule has 0 radical (unpaired) electrons. The minimum absolute atomic E-state index is 1.15. The molecule has 2 heteroatoms. The largest absolute Gasteiger partial charge is 0.153 e. The fraction of sp³-hybridized carbons (Fsp3) is 0.200. The van der Waals surface area contributed by atoms with Crippen LogP contribution in [-0.4, -0.2) is 11.5 Å². The summed E-state index contributed by atoms with van der Waals surface area (Å²) in [4.78, 5) is 0. The van der Waals surface area contributed by atoms with Gasteiger partial charge in [0.1, 0.15) is 0 Å². The Balaban J connectivity index is 2.28. The van der Waals surface area contributed by atoms with Crippen LogP contribution in [0.2, 0.25) is 0 Å². The molecule has 0 bridgehead atoms. The van der Waals surface area contributed by atoms with E-state index in [9.17, 15) is 0 Å². The first-order valence-corrected chi connectivity index (χ1v) is 5.84. The van der Waals surface area contributed by atoms with Gasteiger partial charge >= 0.3 is 0 Å². The molecule has 0 unspecified atom stereocenters. The molecule has 0 nitrogen and oxygen atoms in total. The Morgan fingerprint density at radius 2 is 1.92 bits per heavy atom. The molecule has 2 rings (SSSR count). The summed E-state index contributed by atoms with van der Waals surface area (Å²) < 4.78 is 1.15. The number of thioether (sulfide) groups is 1. The van der Waals surface area contributed by atoms with E-state index in [0.29, 0.717) is 0 Å². The summed E-state index contributed by atoms with van der Waals surface area (Å²) >= 11 is 5.41. The average Bonchev–Trinajstić information content (AvgIpc) is 2.58. The third-order valence-electron chi connectivity index (χ3n) is 1.92. The zero-order valence-electron chi connectivity index (χ0n) is 6.59. The Morgan fingerprint density at radius 1 is 1.17 bits per heavy atom. The van der Waals surface area contributed by atoms with Gasteiger partial charge in [0.25, 0.3) is 0 Å². The fourth-order valence-electron chi connectivity index (χ4n) is 1.25. The summed E-state index contributed by atoms with van der Waals surface area (Å²) in [7, 11) is 0.